The van der Waals surface area contributed by atoms with Gasteiger partial charge in [0.25, 0.3) is 0 Å². The number of guanidine groups is 1. The summed E-state index contributed by atoms with van der Waals surface area (Å²) in [5.74, 6) is 1.96. The standard InChI is InChI=1S/C11H21N3S.HI/c12-11(14-9-4-1-2-5-9)13-8-10-6-3-7-15-10;/h9-10H,1-8H2,(H3,12,13,14);1H. The molecule has 94 valence electrons. The fourth-order valence-corrected chi connectivity index (χ4v) is 3.49. The number of hydrogen-bond donors (Lipinski definition) is 2. The Bertz CT molecular complexity index is 223. The van der Waals surface area contributed by atoms with Gasteiger partial charge in [0.15, 0.2) is 5.96 Å². The molecule has 3 nitrogen and oxygen atoms in total. The van der Waals surface area contributed by atoms with Gasteiger partial charge >= 0.3 is 0 Å². The molecule has 0 aromatic rings. The zero-order chi connectivity index (χ0) is 10.5. The molecule has 2 aliphatic rings. The molecule has 0 aromatic carbocycles. The van der Waals surface area contributed by atoms with E-state index >= 15 is 0 Å². The second-order valence-corrected chi connectivity index (χ2v) is 5.89. The highest BCUT2D eigenvalue weighted by Gasteiger charge is 2.16. The predicted octanol–water partition coefficient (Wildman–Crippen LogP) is 2.35. The molecular formula is C11H22IN3S. The lowest BCUT2D eigenvalue weighted by Crippen LogP contribution is -2.38. The number of halogens is 1. The van der Waals surface area contributed by atoms with Gasteiger partial charge in [-0.3, -0.25) is 4.99 Å². The molecule has 1 heterocycles. The van der Waals surface area contributed by atoms with Crippen molar-refractivity contribution in [1.82, 2.24) is 5.32 Å². The first-order valence-corrected chi connectivity index (χ1v) is 7.07. The van der Waals surface area contributed by atoms with Crippen molar-refractivity contribution >= 4 is 41.7 Å². The molecule has 16 heavy (non-hydrogen) atoms. The normalized spacial score (nSPS) is 26.8. The van der Waals surface area contributed by atoms with Crippen LogP contribution in [0.5, 0.6) is 0 Å². The molecule has 0 aromatic heterocycles. The van der Waals surface area contributed by atoms with E-state index in [2.05, 4.69) is 10.3 Å². The van der Waals surface area contributed by atoms with Gasteiger partial charge in [-0.15, -0.1) is 24.0 Å². The van der Waals surface area contributed by atoms with E-state index in [1.807, 2.05) is 11.8 Å². The van der Waals surface area contributed by atoms with Gasteiger partial charge in [-0.1, -0.05) is 12.8 Å². The average molecular weight is 355 g/mol. The molecule has 1 aliphatic carbocycles. The lowest BCUT2D eigenvalue weighted by atomic mass is 10.2. The predicted molar refractivity (Wildman–Crippen MR) is 82.8 cm³/mol. The van der Waals surface area contributed by atoms with Crippen LogP contribution in [0.3, 0.4) is 0 Å². The molecule has 3 N–H and O–H groups in total. The van der Waals surface area contributed by atoms with E-state index < -0.39 is 0 Å². The second kappa shape index (κ2) is 7.63. The number of thioether (sulfide) groups is 1. The van der Waals surface area contributed by atoms with Crippen molar-refractivity contribution in [3.05, 3.63) is 0 Å². The zero-order valence-corrected chi connectivity index (χ0v) is 12.8. The van der Waals surface area contributed by atoms with E-state index in [4.69, 9.17) is 5.73 Å². The fourth-order valence-electron chi connectivity index (χ4n) is 2.31. The van der Waals surface area contributed by atoms with Crippen molar-refractivity contribution in [1.29, 1.82) is 0 Å². The number of rotatable bonds is 3. The van der Waals surface area contributed by atoms with Gasteiger partial charge in [-0.05, 0) is 31.4 Å². The van der Waals surface area contributed by atoms with E-state index in [-0.39, 0.29) is 24.0 Å². The lowest BCUT2D eigenvalue weighted by Gasteiger charge is -2.13. The topological polar surface area (TPSA) is 50.4 Å². The first-order chi connectivity index (χ1) is 7.34. The van der Waals surface area contributed by atoms with Gasteiger partial charge < -0.3 is 11.1 Å². The highest BCUT2D eigenvalue weighted by molar-refractivity contribution is 14.0. The second-order valence-electron chi connectivity index (χ2n) is 4.49. The Labute approximate surface area is 119 Å². The van der Waals surface area contributed by atoms with Crippen LogP contribution in [0.2, 0.25) is 0 Å². The van der Waals surface area contributed by atoms with Gasteiger partial charge in [-0.25, -0.2) is 0 Å². The molecule has 1 saturated heterocycles. The lowest BCUT2D eigenvalue weighted by molar-refractivity contribution is 0.624. The smallest absolute Gasteiger partial charge is 0.188 e. The summed E-state index contributed by atoms with van der Waals surface area (Å²) in [6.07, 6.45) is 7.85. The number of nitrogens with two attached hydrogens (primary N) is 1. The summed E-state index contributed by atoms with van der Waals surface area (Å²) in [7, 11) is 0. The van der Waals surface area contributed by atoms with E-state index in [0.29, 0.717) is 17.3 Å². The van der Waals surface area contributed by atoms with Crippen molar-refractivity contribution in [2.24, 2.45) is 10.7 Å². The minimum Gasteiger partial charge on any atom is -0.370 e. The summed E-state index contributed by atoms with van der Waals surface area (Å²) in [6.45, 7) is 0.899. The summed E-state index contributed by atoms with van der Waals surface area (Å²) in [6, 6.07) is 0.588. The molecule has 0 spiro atoms. The molecule has 2 fully saturated rings. The Morgan fingerprint density at radius 3 is 2.62 bits per heavy atom. The Balaban J connectivity index is 0.00000128. The van der Waals surface area contributed by atoms with Crippen molar-refractivity contribution in [3.8, 4) is 0 Å². The maximum atomic E-state index is 5.86. The summed E-state index contributed by atoms with van der Waals surface area (Å²) in [5, 5.41) is 4.04. The maximum absolute atomic E-state index is 5.86. The van der Waals surface area contributed by atoms with Gasteiger partial charge in [0.1, 0.15) is 0 Å². The molecule has 2 rings (SSSR count). The van der Waals surface area contributed by atoms with E-state index in [1.165, 1.54) is 44.3 Å². The van der Waals surface area contributed by atoms with Crippen LogP contribution in [0, 0.1) is 0 Å². The largest absolute Gasteiger partial charge is 0.370 e. The summed E-state index contributed by atoms with van der Waals surface area (Å²) in [4.78, 5) is 4.43. The molecule has 0 bridgehead atoms. The highest BCUT2D eigenvalue weighted by Crippen LogP contribution is 2.26. The van der Waals surface area contributed by atoms with Crippen molar-refractivity contribution in [2.45, 2.75) is 49.8 Å². The Morgan fingerprint density at radius 1 is 1.25 bits per heavy atom. The summed E-state index contributed by atoms with van der Waals surface area (Å²) < 4.78 is 0. The number of hydrogen-bond acceptors (Lipinski definition) is 2. The van der Waals surface area contributed by atoms with Crippen LogP contribution in [0.1, 0.15) is 38.5 Å². The highest BCUT2D eigenvalue weighted by atomic mass is 127. The molecule has 5 heteroatoms. The monoisotopic (exact) mass is 355 g/mol. The Hall–Kier alpha value is 0.350. The minimum absolute atomic E-state index is 0. The third-order valence-electron chi connectivity index (χ3n) is 3.20. The fraction of sp³-hybridized carbons (Fsp3) is 0.909. The van der Waals surface area contributed by atoms with Crippen molar-refractivity contribution in [2.75, 3.05) is 12.3 Å². The quantitative estimate of drug-likeness (QED) is 0.464. The average Bonchev–Trinajstić information content (AvgIpc) is 2.86. The molecule has 1 aliphatic heterocycles. The molecule has 1 saturated carbocycles. The zero-order valence-electron chi connectivity index (χ0n) is 9.65. The van der Waals surface area contributed by atoms with Crippen LogP contribution in [0.15, 0.2) is 4.99 Å². The first-order valence-electron chi connectivity index (χ1n) is 6.02. The van der Waals surface area contributed by atoms with Gasteiger partial charge in [0.2, 0.25) is 0 Å². The minimum atomic E-state index is 0. The van der Waals surface area contributed by atoms with Gasteiger partial charge in [0, 0.05) is 11.3 Å². The van der Waals surface area contributed by atoms with Gasteiger partial charge in [-0.2, -0.15) is 11.8 Å². The molecular weight excluding hydrogens is 333 g/mol. The number of nitrogens with one attached hydrogen (secondary N) is 1. The van der Waals surface area contributed by atoms with Crippen LogP contribution >= 0.6 is 35.7 Å². The van der Waals surface area contributed by atoms with Crippen LogP contribution < -0.4 is 11.1 Å². The van der Waals surface area contributed by atoms with Gasteiger partial charge in [0.05, 0.1) is 6.54 Å². The molecule has 0 amide bonds. The maximum Gasteiger partial charge on any atom is 0.188 e. The third-order valence-corrected chi connectivity index (χ3v) is 4.58. The van der Waals surface area contributed by atoms with Crippen molar-refractivity contribution < 1.29 is 0 Å². The van der Waals surface area contributed by atoms with Crippen LogP contribution in [-0.2, 0) is 0 Å². The number of aliphatic imine (C=N–C) groups is 1. The summed E-state index contributed by atoms with van der Waals surface area (Å²) in [5.41, 5.74) is 5.86. The number of nitrogens with zero attached hydrogens (tertiary/aromatic N) is 1. The Morgan fingerprint density at radius 2 is 2.00 bits per heavy atom. The molecule has 1 unspecified atom stereocenters. The van der Waals surface area contributed by atoms with Crippen LogP contribution in [0.25, 0.3) is 0 Å². The molecule has 1 atom stereocenters. The first kappa shape index (κ1) is 14.4. The van der Waals surface area contributed by atoms with Crippen LogP contribution in [-0.4, -0.2) is 29.5 Å². The van der Waals surface area contributed by atoms with E-state index in [0.717, 1.165) is 6.54 Å². The van der Waals surface area contributed by atoms with Crippen LogP contribution in [0.4, 0.5) is 0 Å². The third kappa shape index (κ3) is 4.69. The van der Waals surface area contributed by atoms with Crippen molar-refractivity contribution in [3.63, 3.8) is 0 Å². The van der Waals surface area contributed by atoms with E-state index in [9.17, 15) is 0 Å². The molecule has 0 radical (unpaired) electrons. The Kier molecular flexibility index (Phi) is 6.87. The summed E-state index contributed by atoms with van der Waals surface area (Å²) >= 11 is 2.04. The van der Waals surface area contributed by atoms with E-state index in [1.54, 1.807) is 0 Å². The SMILES string of the molecule is I.NC(=NCC1CCCS1)NC1CCCC1.